The van der Waals surface area contributed by atoms with Gasteiger partial charge in [0.1, 0.15) is 5.92 Å². The standard InChI is InChI=1S/C34H36N6O2/c41-33(37-20-18-35-23-28-16-14-26-10-4-6-12-31(26)39-28)30(22-25-8-2-1-3-9-25)34(42)38-21-19-36-24-29-17-15-27-11-5-7-13-32(27)40-29/h1-17,30,35-36H,18-24H2,(H,37,41)(H,38,42). The van der Waals surface area contributed by atoms with Crippen LogP contribution in [0.5, 0.6) is 0 Å². The zero-order chi connectivity index (χ0) is 29.0. The highest BCUT2D eigenvalue weighted by Crippen LogP contribution is 2.13. The fourth-order valence-corrected chi connectivity index (χ4v) is 4.80. The second-order valence-electron chi connectivity index (χ2n) is 10.2. The van der Waals surface area contributed by atoms with Gasteiger partial charge in [0.05, 0.1) is 22.4 Å². The molecule has 0 aliphatic heterocycles. The first-order valence-corrected chi connectivity index (χ1v) is 14.4. The number of aromatic nitrogens is 2. The highest BCUT2D eigenvalue weighted by atomic mass is 16.2. The molecule has 5 rings (SSSR count). The summed E-state index contributed by atoms with van der Waals surface area (Å²) in [7, 11) is 0. The molecule has 8 heteroatoms. The third-order valence-electron chi connectivity index (χ3n) is 7.04. The molecular formula is C34H36N6O2. The molecule has 0 unspecified atom stereocenters. The average molecular weight is 561 g/mol. The maximum absolute atomic E-state index is 13.1. The van der Waals surface area contributed by atoms with Gasteiger partial charge in [0.25, 0.3) is 0 Å². The zero-order valence-corrected chi connectivity index (χ0v) is 23.6. The number of nitrogens with zero attached hydrogens (tertiary/aromatic N) is 2. The molecule has 3 aromatic carbocycles. The summed E-state index contributed by atoms with van der Waals surface area (Å²) in [4.78, 5) is 35.6. The Morgan fingerprint density at radius 2 is 1.02 bits per heavy atom. The van der Waals surface area contributed by atoms with Gasteiger partial charge in [0.15, 0.2) is 0 Å². The number of nitrogens with one attached hydrogen (secondary N) is 4. The predicted molar refractivity (Wildman–Crippen MR) is 167 cm³/mol. The SMILES string of the molecule is O=C(NCCNCc1ccc2ccccc2n1)C(Cc1ccccc1)C(=O)NCCNCc1ccc2ccccc2n1. The summed E-state index contributed by atoms with van der Waals surface area (Å²) in [5.74, 6) is -1.39. The number of hydrogen-bond donors (Lipinski definition) is 4. The van der Waals surface area contributed by atoms with E-state index in [0.29, 0.717) is 45.7 Å². The molecule has 0 saturated heterocycles. The molecule has 0 saturated carbocycles. The third-order valence-corrected chi connectivity index (χ3v) is 7.04. The molecular weight excluding hydrogens is 524 g/mol. The van der Waals surface area contributed by atoms with Gasteiger partial charge in [-0.1, -0.05) is 78.9 Å². The first-order valence-electron chi connectivity index (χ1n) is 14.4. The first-order chi connectivity index (χ1) is 20.7. The Morgan fingerprint density at radius 3 is 1.55 bits per heavy atom. The van der Waals surface area contributed by atoms with Gasteiger partial charge < -0.3 is 21.3 Å². The lowest BCUT2D eigenvalue weighted by molar-refractivity contribution is -0.135. The highest BCUT2D eigenvalue weighted by molar-refractivity contribution is 6.00. The molecule has 2 heterocycles. The van der Waals surface area contributed by atoms with Gasteiger partial charge in [-0.25, -0.2) is 0 Å². The van der Waals surface area contributed by atoms with Gasteiger partial charge in [-0.05, 0) is 36.2 Å². The molecule has 0 aliphatic rings. The van der Waals surface area contributed by atoms with Crippen LogP contribution in [0, 0.1) is 5.92 Å². The molecule has 214 valence electrons. The van der Waals surface area contributed by atoms with E-state index >= 15 is 0 Å². The summed E-state index contributed by atoms with van der Waals surface area (Å²) in [5, 5.41) is 14.7. The second kappa shape index (κ2) is 14.8. The largest absolute Gasteiger partial charge is 0.354 e. The molecule has 5 aromatic rings. The quantitative estimate of drug-likeness (QED) is 0.122. The van der Waals surface area contributed by atoms with Crippen molar-refractivity contribution in [2.75, 3.05) is 26.2 Å². The molecule has 2 aromatic heterocycles. The van der Waals surface area contributed by atoms with Crippen LogP contribution in [0.1, 0.15) is 17.0 Å². The number of para-hydroxylation sites is 2. The van der Waals surface area contributed by atoms with E-state index in [1.807, 2.05) is 91.0 Å². The Hall–Kier alpha value is -4.66. The molecule has 0 aliphatic carbocycles. The van der Waals surface area contributed by atoms with E-state index < -0.39 is 5.92 Å². The lowest BCUT2D eigenvalue weighted by Gasteiger charge is -2.17. The van der Waals surface area contributed by atoms with Gasteiger partial charge in [0, 0.05) is 50.0 Å². The van der Waals surface area contributed by atoms with Gasteiger partial charge >= 0.3 is 0 Å². The average Bonchev–Trinajstić information content (AvgIpc) is 3.03. The maximum Gasteiger partial charge on any atom is 0.232 e. The normalized spacial score (nSPS) is 11.2. The number of pyridine rings is 2. The van der Waals surface area contributed by atoms with Crippen molar-refractivity contribution in [2.45, 2.75) is 19.5 Å². The zero-order valence-electron chi connectivity index (χ0n) is 23.6. The molecule has 0 radical (unpaired) electrons. The predicted octanol–water partition coefficient (Wildman–Crippen LogP) is 3.75. The van der Waals surface area contributed by atoms with Crippen molar-refractivity contribution >= 4 is 33.6 Å². The summed E-state index contributed by atoms with van der Waals surface area (Å²) in [6.07, 6.45) is 0.335. The van der Waals surface area contributed by atoms with Gasteiger partial charge in [0.2, 0.25) is 11.8 Å². The summed E-state index contributed by atoms with van der Waals surface area (Å²) >= 11 is 0. The first kappa shape index (κ1) is 28.9. The van der Waals surface area contributed by atoms with Gasteiger partial charge in [-0.15, -0.1) is 0 Å². The van der Waals surface area contributed by atoms with Crippen molar-refractivity contribution in [1.29, 1.82) is 0 Å². The van der Waals surface area contributed by atoms with Crippen molar-refractivity contribution in [3.8, 4) is 0 Å². The molecule has 2 amide bonds. The minimum Gasteiger partial charge on any atom is -0.354 e. The monoisotopic (exact) mass is 560 g/mol. The Labute approximate surface area is 246 Å². The highest BCUT2D eigenvalue weighted by Gasteiger charge is 2.26. The smallest absolute Gasteiger partial charge is 0.232 e. The Bertz CT molecular complexity index is 1520. The summed E-state index contributed by atoms with van der Waals surface area (Å²) in [5.41, 5.74) is 4.73. The van der Waals surface area contributed by atoms with Crippen molar-refractivity contribution in [1.82, 2.24) is 31.2 Å². The lowest BCUT2D eigenvalue weighted by Crippen LogP contribution is -2.45. The second-order valence-corrected chi connectivity index (χ2v) is 10.2. The lowest BCUT2D eigenvalue weighted by atomic mass is 9.97. The molecule has 0 bridgehead atoms. The summed E-state index contributed by atoms with van der Waals surface area (Å²) in [6, 6.07) is 33.8. The minimum absolute atomic E-state index is 0.282. The van der Waals surface area contributed by atoms with E-state index in [4.69, 9.17) is 0 Å². The minimum atomic E-state index is -0.822. The fraction of sp³-hybridized carbons (Fsp3) is 0.235. The van der Waals surface area contributed by atoms with E-state index in [-0.39, 0.29) is 11.8 Å². The number of carbonyl (C=O) groups is 2. The van der Waals surface area contributed by atoms with E-state index in [1.54, 1.807) is 0 Å². The van der Waals surface area contributed by atoms with E-state index in [0.717, 1.165) is 38.8 Å². The van der Waals surface area contributed by atoms with E-state index in [2.05, 4.69) is 43.4 Å². The van der Waals surface area contributed by atoms with Crippen molar-refractivity contribution in [3.05, 3.63) is 120 Å². The van der Waals surface area contributed by atoms with Gasteiger partial charge in [-0.2, -0.15) is 0 Å². The number of fused-ring (bicyclic) bond motifs is 2. The van der Waals surface area contributed by atoms with E-state index in [9.17, 15) is 9.59 Å². The summed E-state index contributed by atoms with van der Waals surface area (Å²) in [6.45, 7) is 3.13. The molecule has 42 heavy (non-hydrogen) atoms. The van der Waals surface area contributed by atoms with Crippen LogP contribution in [0.3, 0.4) is 0 Å². The van der Waals surface area contributed by atoms with Crippen LogP contribution in [-0.2, 0) is 29.1 Å². The summed E-state index contributed by atoms with van der Waals surface area (Å²) < 4.78 is 0. The van der Waals surface area contributed by atoms with Crippen LogP contribution in [0.25, 0.3) is 21.8 Å². The van der Waals surface area contributed by atoms with Crippen LogP contribution >= 0.6 is 0 Å². The molecule has 0 fully saturated rings. The number of hydrogen-bond acceptors (Lipinski definition) is 6. The van der Waals surface area contributed by atoms with Crippen LogP contribution in [0.2, 0.25) is 0 Å². The van der Waals surface area contributed by atoms with E-state index in [1.165, 1.54) is 0 Å². The Balaban J connectivity index is 1.07. The molecule has 0 atom stereocenters. The Morgan fingerprint density at radius 1 is 0.548 bits per heavy atom. The van der Waals surface area contributed by atoms with Crippen LogP contribution in [-0.4, -0.2) is 48.0 Å². The number of carbonyl (C=O) groups excluding carboxylic acids is 2. The third kappa shape index (κ3) is 8.19. The molecule has 8 nitrogen and oxygen atoms in total. The molecule has 4 N–H and O–H groups in total. The van der Waals surface area contributed by atoms with Crippen LogP contribution < -0.4 is 21.3 Å². The number of rotatable bonds is 14. The van der Waals surface area contributed by atoms with Crippen LogP contribution in [0.4, 0.5) is 0 Å². The van der Waals surface area contributed by atoms with Crippen molar-refractivity contribution in [2.24, 2.45) is 5.92 Å². The number of amides is 2. The molecule has 0 spiro atoms. The number of benzene rings is 3. The van der Waals surface area contributed by atoms with Crippen LogP contribution in [0.15, 0.2) is 103 Å². The van der Waals surface area contributed by atoms with Crippen molar-refractivity contribution in [3.63, 3.8) is 0 Å². The van der Waals surface area contributed by atoms with Gasteiger partial charge in [-0.3, -0.25) is 19.6 Å². The van der Waals surface area contributed by atoms with Crippen molar-refractivity contribution < 1.29 is 9.59 Å². The fourth-order valence-electron chi connectivity index (χ4n) is 4.80. The Kier molecular flexibility index (Phi) is 10.2. The topological polar surface area (TPSA) is 108 Å². The maximum atomic E-state index is 13.1.